The average Bonchev–Trinajstić information content (AvgIpc) is 2.90. The minimum atomic E-state index is -0.214. The van der Waals surface area contributed by atoms with Crippen LogP contribution < -0.4 is 15.2 Å². The molecule has 2 N–H and O–H groups in total. The maximum atomic E-state index is 6.20. The third kappa shape index (κ3) is 2.46. The minimum Gasteiger partial charge on any atom is -0.493 e. The fourth-order valence-corrected chi connectivity index (χ4v) is 2.75. The van der Waals surface area contributed by atoms with Gasteiger partial charge in [-0.25, -0.2) is 0 Å². The Morgan fingerprint density at radius 1 is 1.22 bits per heavy atom. The molecule has 2 aromatic rings. The average molecular weight is 284 g/mol. The molecule has 0 bridgehead atoms. The third-order valence-electron chi connectivity index (χ3n) is 2.72. The van der Waals surface area contributed by atoms with Crippen molar-refractivity contribution in [2.75, 3.05) is 14.2 Å². The Hall–Kier alpha value is -1.23. The van der Waals surface area contributed by atoms with Gasteiger partial charge in [0.2, 0.25) is 0 Å². The van der Waals surface area contributed by atoms with Crippen molar-refractivity contribution in [3.8, 4) is 11.5 Å². The van der Waals surface area contributed by atoms with Crippen molar-refractivity contribution < 1.29 is 9.47 Å². The van der Waals surface area contributed by atoms with Gasteiger partial charge in [0.1, 0.15) is 0 Å². The second kappa shape index (κ2) is 5.61. The van der Waals surface area contributed by atoms with E-state index in [1.807, 2.05) is 29.0 Å². The smallest absolute Gasteiger partial charge is 0.179 e. The van der Waals surface area contributed by atoms with Gasteiger partial charge in [0, 0.05) is 0 Å². The Kier molecular flexibility index (Phi) is 4.11. The number of ether oxygens (including phenoxy) is 2. The topological polar surface area (TPSA) is 44.5 Å². The highest BCUT2D eigenvalue weighted by Gasteiger charge is 2.16. The molecule has 0 radical (unpaired) electrons. The normalized spacial score (nSPS) is 12.2. The molecule has 0 spiro atoms. The van der Waals surface area contributed by atoms with Gasteiger partial charge in [0.15, 0.2) is 11.5 Å². The van der Waals surface area contributed by atoms with Gasteiger partial charge in [-0.1, -0.05) is 11.6 Å². The van der Waals surface area contributed by atoms with Crippen LogP contribution in [-0.4, -0.2) is 14.2 Å². The predicted octanol–water partition coefficient (Wildman–Crippen LogP) is 3.47. The van der Waals surface area contributed by atoms with Crippen molar-refractivity contribution in [3.63, 3.8) is 0 Å². The van der Waals surface area contributed by atoms with Crippen molar-refractivity contribution in [1.29, 1.82) is 0 Å². The zero-order valence-corrected chi connectivity index (χ0v) is 11.7. The Labute approximate surface area is 115 Å². The quantitative estimate of drug-likeness (QED) is 0.934. The summed E-state index contributed by atoms with van der Waals surface area (Å²) in [4.78, 5) is 0. The van der Waals surface area contributed by atoms with Crippen LogP contribution in [-0.2, 0) is 0 Å². The Bertz CT molecular complexity index is 528. The number of thiophene rings is 1. The second-order valence-corrected chi connectivity index (χ2v) is 4.96. The maximum Gasteiger partial charge on any atom is 0.179 e. The van der Waals surface area contributed by atoms with E-state index in [9.17, 15) is 0 Å². The number of hydrogen-bond donors (Lipinski definition) is 1. The second-order valence-electron chi connectivity index (χ2n) is 3.77. The molecule has 0 saturated heterocycles. The lowest BCUT2D eigenvalue weighted by atomic mass is 10.0. The molecule has 3 nitrogen and oxygen atoms in total. The first kappa shape index (κ1) is 13.2. The maximum absolute atomic E-state index is 6.20. The Morgan fingerprint density at radius 3 is 2.56 bits per heavy atom. The van der Waals surface area contributed by atoms with Gasteiger partial charge in [-0.3, -0.25) is 0 Å². The Balaban J connectivity index is 2.43. The molecule has 0 saturated carbocycles. The molecule has 5 heteroatoms. The number of rotatable bonds is 4. The summed E-state index contributed by atoms with van der Waals surface area (Å²) in [5, 5.41) is 4.52. The molecule has 0 amide bonds. The number of methoxy groups -OCH3 is 2. The van der Waals surface area contributed by atoms with E-state index in [0.717, 1.165) is 11.1 Å². The van der Waals surface area contributed by atoms with Crippen molar-refractivity contribution >= 4 is 22.9 Å². The number of hydrogen-bond acceptors (Lipinski definition) is 4. The standard InChI is InChI=1S/C13H14ClNO2S/c1-16-11-6-9(5-10(14)13(11)17-2)12(15)8-3-4-18-7-8/h3-7,12H,15H2,1-2H3. The first-order valence-corrected chi connectivity index (χ1v) is 6.68. The van der Waals surface area contributed by atoms with Crippen molar-refractivity contribution in [3.05, 3.63) is 45.1 Å². The lowest BCUT2D eigenvalue weighted by Gasteiger charge is -2.15. The van der Waals surface area contributed by atoms with Crippen LogP contribution in [0.2, 0.25) is 5.02 Å². The van der Waals surface area contributed by atoms with Crippen LogP contribution in [0.25, 0.3) is 0 Å². The summed E-state index contributed by atoms with van der Waals surface area (Å²) >= 11 is 7.78. The van der Waals surface area contributed by atoms with Crippen LogP contribution in [0.3, 0.4) is 0 Å². The van der Waals surface area contributed by atoms with Crippen LogP contribution in [0, 0.1) is 0 Å². The highest BCUT2D eigenvalue weighted by Crippen LogP contribution is 2.38. The first-order valence-electron chi connectivity index (χ1n) is 5.36. The van der Waals surface area contributed by atoms with Crippen LogP contribution in [0.4, 0.5) is 0 Å². The van der Waals surface area contributed by atoms with Gasteiger partial charge in [-0.15, -0.1) is 0 Å². The fourth-order valence-electron chi connectivity index (χ4n) is 1.76. The molecule has 18 heavy (non-hydrogen) atoms. The van der Waals surface area contributed by atoms with E-state index in [0.29, 0.717) is 16.5 Å². The molecule has 0 aliphatic rings. The first-order chi connectivity index (χ1) is 8.67. The van der Waals surface area contributed by atoms with E-state index in [2.05, 4.69) is 0 Å². The zero-order valence-electron chi connectivity index (χ0n) is 10.1. The highest BCUT2D eigenvalue weighted by atomic mass is 35.5. The van der Waals surface area contributed by atoms with Gasteiger partial charge >= 0.3 is 0 Å². The summed E-state index contributed by atoms with van der Waals surface area (Å²) in [6, 6.07) is 5.45. The van der Waals surface area contributed by atoms with Gasteiger partial charge in [0.25, 0.3) is 0 Å². The summed E-state index contributed by atoms with van der Waals surface area (Å²) < 4.78 is 10.5. The summed E-state index contributed by atoms with van der Waals surface area (Å²) in [5.41, 5.74) is 8.15. The van der Waals surface area contributed by atoms with Gasteiger partial charge < -0.3 is 15.2 Å². The Morgan fingerprint density at radius 2 is 2.00 bits per heavy atom. The lowest BCUT2D eigenvalue weighted by Crippen LogP contribution is -2.11. The van der Waals surface area contributed by atoms with Gasteiger partial charge in [0.05, 0.1) is 25.3 Å². The third-order valence-corrected chi connectivity index (χ3v) is 3.70. The molecular formula is C13H14ClNO2S. The van der Waals surface area contributed by atoms with Crippen molar-refractivity contribution in [1.82, 2.24) is 0 Å². The monoisotopic (exact) mass is 283 g/mol. The van der Waals surface area contributed by atoms with E-state index >= 15 is 0 Å². The van der Waals surface area contributed by atoms with E-state index in [4.69, 9.17) is 26.8 Å². The molecule has 0 aliphatic heterocycles. The molecule has 1 aromatic carbocycles. The van der Waals surface area contributed by atoms with E-state index in [1.54, 1.807) is 25.6 Å². The van der Waals surface area contributed by atoms with Crippen molar-refractivity contribution in [2.45, 2.75) is 6.04 Å². The van der Waals surface area contributed by atoms with E-state index < -0.39 is 0 Å². The van der Waals surface area contributed by atoms with E-state index in [1.165, 1.54) is 0 Å². The molecule has 96 valence electrons. The van der Waals surface area contributed by atoms with Crippen molar-refractivity contribution in [2.24, 2.45) is 5.73 Å². The fraction of sp³-hybridized carbons (Fsp3) is 0.231. The lowest BCUT2D eigenvalue weighted by molar-refractivity contribution is 0.354. The molecule has 1 atom stereocenters. The van der Waals surface area contributed by atoms with Crippen LogP contribution >= 0.6 is 22.9 Å². The molecule has 0 fully saturated rings. The summed E-state index contributed by atoms with van der Waals surface area (Å²) in [6.07, 6.45) is 0. The molecule has 1 aromatic heterocycles. The van der Waals surface area contributed by atoms with Crippen LogP contribution in [0.1, 0.15) is 17.2 Å². The largest absolute Gasteiger partial charge is 0.493 e. The van der Waals surface area contributed by atoms with E-state index in [-0.39, 0.29) is 6.04 Å². The molecule has 0 aliphatic carbocycles. The summed E-state index contributed by atoms with van der Waals surface area (Å²) in [6.45, 7) is 0. The predicted molar refractivity (Wildman–Crippen MR) is 74.9 cm³/mol. The molecule has 2 rings (SSSR count). The minimum absolute atomic E-state index is 0.214. The molecule has 1 unspecified atom stereocenters. The van der Waals surface area contributed by atoms with Crippen LogP contribution in [0.15, 0.2) is 29.0 Å². The zero-order chi connectivity index (χ0) is 13.1. The molecule has 1 heterocycles. The molecular weight excluding hydrogens is 270 g/mol. The SMILES string of the molecule is COc1cc(C(N)c2ccsc2)cc(Cl)c1OC. The number of halogens is 1. The van der Waals surface area contributed by atoms with Gasteiger partial charge in [-0.2, -0.15) is 11.3 Å². The van der Waals surface area contributed by atoms with Gasteiger partial charge in [-0.05, 0) is 40.1 Å². The van der Waals surface area contributed by atoms with Crippen LogP contribution in [0.5, 0.6) is 11.5 Å². The number of nitrogens with two attached hydrogens (primary N) is 1. The summed E-state index contributed by atoms with van der Waals surface area (Å²) in [5.74, 6) is 1.12. The number of benzene rings is 1. The highest BCUT2D eigenvalue weighted by molar-refractivity contribution is 7.08. The summed E-state index contributed by atoms with van der Waals surface area (Å²) in [7, 11) is 3.14.